The molecule has 3 heteroatoms. The van der Waals surface area contributed by atoms with Crippen LogP contribution in [-0.4, -0.2) is 0 Å². The van der Waals surface area contributed by atoms with Gasteiger partial charge in [0.2, 0.25) is 0 Å². The van der Waals surface area contributed by atoms with E-state index in [1.54, 1.807) is 18.2 Å². The predicted octanol–water partition coefficient (Wildman–Crippen LogP) is 2.45. The highest BCUT2D eigenvalue weighted by atomic mass is 35.5. The molecule has 0 heterocycles. The lowest BCUT2D eigenvalue weighted by Gasteiger charge is -1.91. The van der Waals surface area contributed by atoms with Crippen molar-refractivity contribution in [2.24, 2.45) is 0 Å². The molecule has 0 aliphatic heterocycles. The van der Waals surface area contributed by atoms with E-state index in [0.717, 1.165) is 0 Å². The van der Waals surface area contributed by atoms with Gasteiger partial charge in [0.15, 0.2) is 0 Å². The smallest absolute Gasteiger partial charge is 0.0635 e. The van der Waals surface area contributed by atoms with Crippen LogP contribution >= 0.6 is 11.6 Å². The van der Waals surface area contributed by atoms with Gasteiger partial charge in [-0.1, -0.05) is 23.7 Å². The van der Waals surface area contributed by atoms with Crippen LogP contribution in [0.1, 0.15) is 6.92 Å². The van der Waals surface area contributed by atoms with Crippen molar-refractivity contribution in [2.75, 3.05) is 5.73 Å². The topological polar surface area (TPSA) is 49.8 Å². The number of hydrogen-bond acceptors (Lipinski definition) is 2. The van der Waals surface area contributed by atoms with Gasteiger partial charge in [0, 0.05) is 6.92 Å². The molecule has 2 nitrogen and oxygen atoms in total. The predicted molar refractivity (Wildman–Crippen MR) is 47.2 cm³/mol. The molecular formula is C8H9ClN2. The van der Waals surface area contributed by atoms with E-state index in [2.05, 4.69) is 0 Å². The van der Waals surface area contributed by atoms with Gasteiger partial charge in [-0.15, -0.1) is 0 Å². The summed E-state index contributed by atoms with van der Waals surface area (Å²) >= 11 is 5.58. The Morgan fingerprint density at radius 1 is 1.45 bits per heavy atom. The van der Waals surface area contributed by atoms with Crippen molar-refractivity contribution in [1.82, 2.24) is 0 Å². The van der Waals surface area contributed by atoms with E-state index in [4.69, 9.17) is 22.6 Å². The summed E-state index contributed by atoms with van der Waals surface area (Å²) in [6.45, 7) is 1.43. The summed E-state index contributed by atoms with van der Waals surface area (Å²) < 4.78 is 0. The highest BCUT2D eigenvalue weighted by Gasteiger charge is 1.87. The lowest BCUT2D eigenvalue weighted by molar-refractivity contribution is 1.49. The molecule has 0 fully saturated rings. The van der Waals surface area contributed by atoms with Crippen LogP contribution in [0.25, 0.3) is 0 Å². The molecule has 2 N–H and O–H groups in total. The third kappa shape index (κ3) is 4.24. The molecule has 0 saturated heterocycles. The van der Waals surface area contributed by atoms with Gasteiger partial charge < -0.3 is 5.73 Å². The second-order valence-corrected chi connectivity index (χ2v) is 2.15. The summed E-state index contributed by atoms with van der Waals surface area (Å²) in [4.78, 5) is 0. The highest BCUT2D eigenvalue weighted by Crippen LogP contribution is 2.15. The molecule has 0 bridgehead atoms. The maximum Gasteiger partial charge on any atom is 0.0635 e. The number of nitriles is 1. The molecule has 0 aliphatic carbocycles. The maximum absolute atomic E-state index is 7.32. The third-order valence-corrected chi connectivity index (χ3v) is 1.25. The van der Waals surface area contributed by atoms with E-state index < -0.39 is 0 Å². The summed E-state index contributed by atoms with van der Waals surface area (Å²) in [5.41, 5.74) is 6.02. The fourth-order valence-electron chi connectivity index (χ4n) is 0.475. The molecular weight excluding hydrogens is 160 g/mol. The number of para-hydroxylation sites is 1. The van der Waals surface area contributed by atoms with Crippen LogP contribution in [0.3, 0.4) is 0 Å². The van der Waals surface area contributed by atoms with E-state index in [9.17, 15) is 0 Å². The van der Waals surface area contributed by atoms with Gasteiger partial charge in [-0.3, -0.25) is 0 Å². The van der Waals surface area contributed by atoms with Crippen LogP contribution in [-0.2, 0) is 0 Å². The average molecular weight is 169 g/mol. The quantitative estimate of drug-likeness (QED) is 0.605. The Morgan fingerprint density at radius 3 is 2.18 bits per heavy atom. The first-order valence-corrected chi connectivity index (χ1v) is 3.41. The summed E-state index contributed by atoms with van der Waals surface area (Å²) in [6.07, 6.45) is 0. The van der Waals surface area contributed by atoms with Crippen molar-refractivity contribution in [2.45, 2.75) is 6.92 Å². The zero-order valence-electron chi connectivity index (χ0n) is 6.21. The summed E-state index contributed by atoms with van der Waals surface area (Å²) in [7, 11) is 0. The van der Waals surface area contributed by atoms with Gasteiger partial charge in [0.05, 0.1) is 16.8 Å². The lowest BCUT2D eigenvalue weighted by atomic mass is 10.3. The first kappa shape index (κ1) is 9.80. The number of halogens is 1. The SMILES string of the molecule is CC#N.Nc1ccccc1Cl. The molecule has 11 heavy (non-hydrogen) atoms. The van der Waals surface area contributed by atoms with Crippen LogP contribution in [0.15, 0.2) is 24.3 Å². The lowest BCUT2D eigenvalue weighted by Crippen LogP contribution is -1.82. The van der Waals surface area contributed by atoms with E-state index in [1.165, 1.54) is 6.92 Å². The van der Waals surface area contributed by atoms with E-state index >= 15 is 0 Å². The fraction of sp³-hybridized carbons (Fsp3) is 0.125. The largest absolute Gasteiger partial charge is 0.398 e. The molecule has 0 aliphatic rings. The van der Waals surface area contributed by atoms with Crippen LogP contribution in [0.4, 0.5) is 5.69 Å². The average Bonchev–Trinajstić information content (AvgIpc) is 1.97. The molecule has 0 amide bonds. The number of rotatable bonds is 0. The van der Waals surface area contributed by atoms with Crippen molar-refractivity contribution in [1.29, 1.82) is 5.26 Å². The third-order valence-electron chi connectivity index (χ3n) is 0.905. The minimum absolute atomic E-state index is 0.618. The van der Waals surface area contributed by atoms with Gasteiger partial charge in [0.25, 0.3) is 0 Å². The number of hydrogen-bond donors (Lipinski definition) is 1. The number of nitrogen functional groups attached to an aromatic ring is 1. The summed E-state index contributed by atoms with van der Waals surface area (Å²) in [6, 6.07) is 8.97. The van der Waals surface area contributed by atoms with Gasteiger partial charge >= 0.3 is 0 Å². The first-order chi connectivity index (χ1) is 5.22. The van der Waals surface area contributed by atoms with Crippen molar-refractivity contribution >= 4 is 17.3 Å². The van der Waals surface area contributed by atoms with Gasteiger partial charge in [-0.25, -0.2) is 0 Å². The van der Waals surface area contributed by atoms with Crippen molar-refractivity contribution in [3.8, 4) is 6.07 Å². The van der Waals surface area contributed by atoms with Crippen LogP contribution in [0, 0.1) is 11.3 Å². The Bertz CT molecular complexity index is 232. The Labute approximate surface area is 71.2 Å². The molecule has 0 atom stereocenters. The Kier molecular flexibility index (Phi) is 4.97. The monoisotopic (exact) mass is 168 g/mol. The zero-order valence-corrected chi connectivity index (χ0v) is 6.97. The zero-order chi connectivity index (χ0) is 8.69. The van der Waals surface area contributed by atoms with E-state index in [-0.39, 0.29) is 0 Å². The minimum Gasteiger partial charge on any atom is -0.398 e. The molecule has 0 spiro atoms. The second-order valence-electron chi connectivity index (χ2n) is 1.75. The number of nitrogens with zero attached hydrogens (tertiary/aromatic N) is 1. The molecule has 0 radical (unpaired) electrons. The number of nitrogens with two attached hydrogens (primary N) is 1. The molecule has 1 aromatic carbocycles. The fourth-order valence-corrected chi connectivity index (χ4v) is 0.611. The molecule has 0 aromatic heterocycles. The Morgan fingerprint density at radius 2 is 1.91 bits per heavy atom. The Hall–Kier alpha value is -1.20. The normalized spacial score (nSPS) is 7.36. The first-order valence-electron chi connectivity index (χ1n) is 3.03. The molecule has 1 aromatic rings. The van der Waals surface area contributed by atoms with E-state index in [1.807, 2.05) is 12.1 Å². The molecule has 1 rings (SSSR count). The molecule has 0 saturated carbocycles. The maximum atomic E-state index is 7.32. The Balaban J connectivity index is 0.000000292. The van der Waals surface area contributed by atoms with Crippen molar-refractivity contribution in [3.63, 3.8) is 0 Å². The van der Waals surface area contributed by atoms with Crippen LogP contribution in [0.5, 0.6) is 0 Å². The second kappa shape index (κ2) is 5.57. The van der Waals surface area contributed by atoms with Gasteiger partial charge in [-0.2, -0.15) is 5.26 Å². The highest BCUT2D eigenvalue weighted by molar-refractivity contribution is 6.33. The molecule has 0 unspecified atom stereocenters. The van der Waals surface area contributed by atoms with Crippen molar-refractivity contribution < 1.29 is 0 Å². The van der Waals surface area contributed by atoms with E-state index in [0.29, 0.717) is 10.7 Å². The minimum atomic E-state index is 0.618. The standard InChI is InChI=1S/C6H6ClN.C2H3N/c7-5-3-1-2-4-6(5)8;1-2-3/h1-4H,8H2;1H3. The number of benzene rings is 1. The summed E-state index contributed by atoms with van der Waals surface area (Å²) in [5, 5.41) is 7.94. The van der Waals surface area contributed by atoms with Gasteiger partial charge in [-0.05, 0) is 12.1 Å². The van der Waals surface area contributed by atoms with Crippen LogP contribution < -0.4 is 5.73 Å². The summed E-state index contributed by atoms with van der Waals surface area (Å²) in [5.74, 6) is 0. The van der Waals surface area contributed by atoms with Gasteiger partial charge in [0.1, 0.15) is 0 Å². The van der Waals surface area contributed by atoms with Crippen molar-refractivity contribution in [3.05, 3.63) is 29.3 Å². The molecule has 58 valence electrons. The van der Waals surface area contributed by atoms with Crippen LogP contribution in [0.2, 0.25) is 5.02 Å². The number of anilines is 1.